The summed E-state index contributed by atoms with van der Waals surface area (Å²) in [7, 11) is 1.08. The monoisotopic (exact) mass is 913 g/mol. The maximum Gasteiger partial charge on any atom is 0.495 e. The summed E-state index contributed by atoms with van der Waals surface area (Å²) < 4.78 is 70.5. The standard InChI is InChI=1S/C27H32BFO5.C27H26FNO4/c1-6-31-25(30)20-15-19(20)16-7-9-17(10-8-16)32-23-14-11-18-21(12-13-22(29)24(18)23)28-33-26(2,3)27(4,5)34-28;1-3-32-27(30)21-15-20(21)16-6-8-17(9-7-16)33-23-13-11-18-19(10-12-22(28)25(18)23)26-24(31-2)5-4-14-29-26/h7-10,12-13,19-20,23H,6,11,14-15H2,1-5H3;4-10,12,14,20-21,23H,3,11,13,15H2,1-2H3/t19-,20+,23-;20-,21+,23-/m11/s1. The van der Waals surface area contributed by atoms with Gasteiger partial charge in [0.25, 0.3) is 0 Å². The lowest BCUT2D eigenvalue weighted by molar-refractivity contribution is -0.145. The lowest BCUT2D eigenvalue weighted by atomic mass is 9.75. The number of carbonyl (C=O) groups excluding carboxylic acids is 2. The molecule has 10 nitrogen and oxygen atoms in total. The van der Waals surface area contributed by atoms with Crippen LogP contribution in [0.2, 0.25) is 0 Å². The maximum atomic E-state index is 15.0. The molecule has 0 unspecified atom stereocenters. The van der Waals surface area contributed by atoms with Crippen LogP contribution in [0.15, 0.2) is 91.1 Å². The van der Waals surface area contributed by atoms with Crippen molar-refractivity contribution in [3.05, 3.63) is 136 Å². The van der Waals surface area contributed by atoms with Crippen LogP contribution in [0.25, 0.3) is 11.3 Å². The lowest BCUT2D eigenvalue weighted by Gasteiger charge is -2.32. The molecule has 4 aliphatic carbocycles. The third-order valence-corrected chi connectivity index (χ3v) is 14.3. The number of halogens is 2. The number of rotatable bonds is 13. The molecule has 10 rings (SSSR count). The van der Waals surface area contributed by atoms with Crippen LogP contribution in [-0.2, 0) is 41.2 Å². The minimum atomic E-state index is -0.525. The molecule has 350 valence electrons. The number of pyridine rings is 1. The van der Waals surface area contributed by atoms with Gasteiger partial charge in [0.2, 0.25) is 0 Å². The van der Waals surface area contributed by atoms with E-state index in [1.54, 1.807) is 25.4 Å². The molecule has 0 N–H and O–H groups in total. The van der Waals surface area contributed by atoms with Crippen molar-refractivity contribution >= 4 is 24.5 Å². The summed E-state index contributed by atoms with van der Waals surface area (Å²) >= 11 is 0. The normalized spacial score (nSPS) is 23.6. The smallest absolute Gasteiger partial charge is 0.494 e. The minimum Gasteiger partial charge on any atom is -0.494 e. The second-order valence-corrected chi connectivity index (χ2v) is 19.0. The van der Waals surface area contributed by atoms with Gasteiger partial charge in [0.15, 0.2) is 0 Å². The number of hydrogen-bond donors (Lipinski definition) is 0. The SMILES string of the molecule is CCOC(=O)[C@H]1C[C@@H]1c1ccc(O[C@@H]2CCc3c(-c4ncccc4OC)ccc(F)c32)cc1.CCOC(=O)[C@H]1C[C@@H]1c1ccc(O[C@@H]2CCc3c(B4OC(C)(C)C(C)(C)O4)ccc(F)c32)cc1. The van der Waals surface area contributed by atoms with Crippen molar-refractivity contribution in [2.24, 2.45) is 11.8 Å². The highest BCUT2D eigenvalue weighted by Gasteiger charge is 2.53. The summed E-state index contributed by atoms with van der Waals surface area (Å²) in [5.74, 6) is 1.59. The van der Waals surface area contributed by atoms with Gasteiger partial charge < -0.3 is 33.0 Å². The summed E-state index contributed by atoms with van der Waals surface area (Å²) in [6, 6.07) is 25.8. The molecule has 2 saturated carbocycles. The average molecular weight is 914 g/mol. The first-order valence-corrected chi connectivity index (χ1v) is 23.6. The Morgan fingerprint density at radius 3 is 1.69 bits per heavy atom. The van der Waals surface area contributed by atoms with Crippen LogP contribution in [-0.4, -0.2) is 55.6 Å². The van der Waals surface area contributed by atoms with Crippen molar-refractivity contribution in [2.45, 2.75) is 115 Å². The molecule has 1 aromatic heterocycles. The van der Waals surface area contributed by atoms with Crippen molar-refractivity contribution in [1.29, 1.82) is 0 Å². The van der Waals surface area contributed by atoms with E-state index in [1.165, 1.54) is 12.1 Å². The van der Waals surface area contributed by atoms with E-state index in [0.717, 1.165) is 46.1 Å². The van der Waals surface area contributed by atoms with E-state index in [2.05, 4.69) is 4.98 Å². The largest absolute Gasteiger partial charge is 0.495 e. The Hall–Kier alpha value is -5.79. The Morgan fingerprint density at radius 1 is 0.687 bits per heavy atom. The third-order valence-electron chi connectivity index (χ3n) is 14.3. The Balaban J connectivity index is 0.000000168. The molecule has 67 heavy (non-hydrogen) atoms. The highest BCUT2D eigenvalue weighted by molar-refractivity contribution is 6.62. The van der Waals surface area contributed by atoms with Crippen molar-refractivity contribution in [1.82, 2.24) is 4.98 Å². The Morgan fingerprint density at radius 2 is 1.18 bits per heavy atom. The highest BCUT2D eigenvalue weighted by atomic mass is 19.1. The predicted octanol–water partition coefficient (Wildman–Crippen LogP) is 10.5. The molecule has 1 aliphatic heterocycles. The van der Waals surface area contributed by atoms with Crippen LogP contribution in [0.1, 0.15) is 125 Å². The van der Waals surface area contributed by atoms with E-state index in [0.29, 0.717) is 73.0 Å². The second kappa shape index (κ2) is 18.7. The van der Waals surface area contributed by atoms with Gasteiger partial charge in [0.1, 0.15) is 46.8 Å². The molecule has 0 spiro atoms. The van der Waals surface area contributed by atoms with E-state index in [-0.39, 0.29) is 59.5 Å². The number of fused-ring (bicyclic) bond motifs is 2. The van der Waals surface area contributed by atoms with Gasteiger partial charge in [0.05, 0.1) is 43.4 Å². The van der Waals surface area contributed by atoms with Crippen molar-refractivity contribution in [3.63, 3.8) is 0 Å². The van der Waals surface area contributed by atoms with Gasteiger partial charge in [-0.1, -0.05) is 30.3 Å². The van der Waals surface area contributed by atoms with Gasteiger partial charge in [-0.3, -0.25) is 14.6 Å². The Bertz CT molecular complexity index is 2620. The first-order chi connectivity index (χ1) is 32.2. The van der Waals surface area contributed by atoms with Gasteiger partial charge in [-0.25, -0.2) is 8.78 Å². The van der Waals surface area contributed by atoms with Crippen LogP contribution in [0.4, 0.5) is 8.78 Å². The quantitative estimate of drug-likeness (QED) is 0.0836. The number of hydrogen-bond acceptors (Lipinski definition) is 10. The molecule has 0 radical (unpaired) electrons. The van der Waals surface area contributed by atoms with Crippen LogP contribution < -0.4 is 19.7 Å². The maximum absolute atomic E-state index is 15.0. The van der Waals surface area contributed by atoms with Gasteiger partial charge in [-0.2, -0.15) is 0 Å². The van der Waals surface area contributed by atoms with E-state index in [1.807, 2.05) is 102 Å². The second-order valence-electron chi connectivity index (χ2n) is 19.0. The van der Waals surface area contributed by atoms with Gasteiger partial charge in [-0.15, -0.1) is 0 Å². The zero-order valence-electron chi connectivity index (χ0n) is 39.2. The highest BCUT2D eigenvalue weighted by Crippen LogP contribution is 2.50. The molecule has 2 heterocycles. The molecule has 13 heteroatoms. The number of esters is 2. The number of aromatic nitrogens is 1. The molecule has 1 saturated heterocycles. The summed E-state index contributed by atoms with van der Waals surface area (Å²) in [5.41, 5.74) is 6.80. The van der Waals surface area contributed by atoms with Gasteiger partial charge in [-0.05, 0) is 174 Å². The number of nitrogens with zero attached hydrogens (tertiary/aromatic N) is 1. The van der Waals surface area contributed by atoms with E-state index < -0.39 is 18.3 Å². The number of ether oxygens (including phenoxy) is 5. The number of carbonyl (C=O) groups is 2. The molecule has 5 aliphatic rings. The number of methoxy groups -OCH3 is 1. The molecule has 3 fully saturated rings. The first-order valence-electron chi connectivity index (χ1n) is 23.6. The fourth-order valence-electron chi connectivity index (χ4n) is 9.84. The molecule has 5 aromatic rings. The van der Waals surface area contributed by atoms with E-state index in [9.17, 15) is 18.4 Å². The molecule has 4 aromatic carbocycles. The Kier molecular flexibility index (Phi) is 12.9. The minimum absolute atomic E-state index is 0.0454. The van der Waals surface area contributed by atoms with Crippen LogP contribution in [0, 0.1) is 23.5 Å². The van der Waals surface area contributed by atoms with Crippen LogP contribution in [0.5, 0.6) is 17.2 Å². The Labute approximate surface area is 391 Å². The fourth-order valence-corrected chi connectivity index (χ4v) is 9.84. The zero-order valence-corrected chi connectivity index (χ0v) is 39.2. The summed E-state index contributed by atoms with van der Waals surface area (Å²) in [6.45, 7) is 12.5. The predicted molar refractivity (Wildman–Crippen MR) is 250 cm³/mol. The van der Waals surface area contributed by atoms with Gasteiger partial charge in [0, 0.05) is 22.9 Å². The van der Waals surface area contributed by atoms with Crippen molar-refractivity contribution < 1.29 is 51.4 Å². The topological polar surface area (TPSA) is 112 Å². The summed E-state index contributed by atoms with van der Waals surface area (Å²) in [5, 5.41) is 0. The van der Waals surface area contributed by atoms with Gasteiger partial charge >= 0.3 is 19.1 Å². The number of benzene rings is 4. The lowest BCUT2D eigenvalue weighted by Crippen LogP contribution is -2.41. The van der Waals surface area contributed by atoms with E-state index in [4.69, 9.17) is 33.0 Å². The summed E-state index contributed by atoms with van der Waals surface area (Å²) in [4.78, 5) is 28.3. The van der Waals surface area contributed by atoms with Crippen molar-refractivity contribution in [3.8, 4) is 28.5 Å². The first kappa shape index (κ1) is 46.3. The third kappa shape index (κ3) is 9.29. The fraction of sp³-hybridized carbons (Fsp3) is 0.426. The average Bonchev–Trinajstić information content (AvgIpc) is 4.19. The van der Waals surface area contributed by atoms with Crippen molar-refractivity contribution in [2.75, 3.05) is 20.3 Å². The molecule has 0 amide bonds. The molecule has 0 bridgehead atoms. The van der Waals surface area contributed by atoms with Crippen LogP contribution in [0.3, 0.4) is 0 Å². The summed E-state index contributed by atoms with van der Waals surface area (Å²) in [6.07, 6.45) is 5.41. The molecular formula is C54H58BF2NO9. The molecular weight excluding hydrogens is 855 g/mol. The van der Waals surface area contributed by atoms with Crippen LogP contribution >= 0.6 is 0 Å². The molecule has 6 atom stereocenters. The van der Waals surface area contributed by atoms with E-state index >= 15 is 0 Å². The zero-order chi connectivity index (χ0) is 47.2.